The highest BCUT2D eigenvalue weighted by molar-refractivity contribution is 6.04. The fourth-order valence-corrected chi connectivity index (χ4v) is 3.78. The second-order valence-corrected chi connectivity index (χ2v) is 9.12. The van der Waals surface area contributed by atoms with E-state index in [1.165, 1.54) is 0 Å². The van der Waals surface area contributed by atoms with E-state index in [-0.39, 0.29) is 18.1 Å². The van der Waals surface area contributed by atoms with Gasteiger partial charge in [-0.2, -0.15) is 0 Å². The number of carbonyl (C=O) groups is 2. The number of benzene rings is 2. The minimum Gasteiger partial charge on any atom is -0.324 e. The van der Waals surface area contributed by atoms with Crippen LogP contribution in [-0.2, 0) is 11.2 Å². The van der Waals surface area contributed by atoms with Gasteiger partial charge in [-0.25, -0.2) is 9.97 Å². The molecule has 4 rings (SSSR count). The zero-order valence-corrected chi connectivity index (χ0v) is 21.7. The van der Waals surface area contributed by atoms with E-state index in [0.717, 1.165) is 28.1 Å². The summed E-state index contributed by atoms with van der Waals surface area (Å²) >= 11 is 0. The molecule has 0 aliphatic carbocycles. The first-order chi connectivity index (χ1) is 18.4. The van der Waals surface area contributed by atoms with Crippen molar-refractivity contribution in [1.82, 2.24) is 19.9 Å². The molecular weight excluding hydrogens is 476 g/mol. The third-order valence-corrected chi connectivity index (χ3v) is 5.69. The van der Waals surface area contributed by atoms with Crippen LogP contribution in [0.15, 0.2) is 91.4 Å². The molecule has 1 amide bonds. The third kappa shape index (κ3) is 7.41. The van der Waals surface area contributed by atoms with Gasteiger partial charge in [0.2, 0.25) is 5.95 Å². The fourth-order valence-electron chi connectivity index (χ4n) is 3.78. The molecule has 2 heterocycles. The average molecular weight is 507 g/mol. The zero-order chi connectivity index (χ0) is 26.9. The Hall–Kier alpha value is -4.69. The molecule has 0 aliphatic heterocycles. The van der Waals surface area contributed by atoms with Crippen LogP contribution in [-0.4, -0.2) is 52.2 Å². The lowest BCUT2D eigenvalue weighted by Crippen LogP contribution is -2.13. The Morgan fingerprint density at radius 3 is 2.63 bits per heavy atom. The quantitative estimate of drug-likeness (QED) is 0.290. The summed E-state index contributed by atoms with van der Waals surface area (Å²) in [6, 6.07) is 18.4. The van der Waals surface area contributed by atoms with E-state index in [2.05, 4.69) is 25.6 Å². The summed E-state index contributed by atoms with van der Waals surface area (Å²) in [5.41, 5.74) is 5.37. The molecule has 0 saturated carbocycles. The lowest BCUT2D eigenvalue weighted by atomic mass is 10.0. The van der Waals surface area contributed by atoms with Crippen LogP contribution in [0.4, 0.5) is 17.3 Å². The van der Waals surface area contributed by atoms with E-state index in [0.29, 0.717) is 23.7 Å². The molecule has 4 aromatic rings. The molecule has 0 bridgehead atoms. The zero-order valence-electron chi connectivity index (χ0n) is 21.7. The van der Waals surface area contributed by atoms with Crippen LogP contribution < -0.4 is 10.6 Å². The maximum absolute atomic E-state index is 12.9. The van der Waals surface area contributed by atoms with E-state index in [1.807, 2.05) is 74.5 Å². The molecule has 0 spiro atoms. The number of aromatic nitrogens is 3. The van der Waals surface area contributed by atoms with Crippen molar-refractivity contribution in [3.05, 3.63) is 108 Å². The van der Waals surface area contributed by atoms with Gasteiger partial charge < -0.3 is 15.5 Å². The fraction of sp³-hybridized carbons (Fsp3) is 0.167. The van der Waals surface area contributed by atoms with Gasteiger partial charge in [-0.15, -0.1) is 0 Å². The maximum atomic E-state index is 12.9. The lowest BCUT2D eigenvalue weighted by molar-refractivity contribution is -0.114. The summed E-state index contributed by atoms with van der Waals surface area (Å²) in [4.78, 5) is 40.2. The Labute approximate surface area is 222 Å². The number of hydrogen-bond acceptors (Lipinski definition) is 7. The molecule has 2 N–H and O–H groups in total. The van der Waals surface area contributed by atoms with Gasteiger partial charge in [0.1, 0.15) is 0 Å². The van der Waals surface area contributed by atoms with Gasteiger partial charge in [0.25, 0.3) is 5.91 Å². The number of amides is 1. The molecule has 0 saturated heterocycles. The number of nitrogens with one attached hydrogen (secondary N) is 2. The number of pyridine rings is 1. The number of carbonyl (C=O) groups excluding carboxylic acids is 2. The van der Waals surface area contributed by atoms with Crippen molar-refractivity contribution < 1.29 is 9.59 Å². The Bertz CT molecular complexity index is 1450. The van der Waals surface area contributed by atoms with Crippen LogP contribution in [0, 0.1) is 6.92 Å². The molecule has 38 heavy (non-hydrogen) atoms. The standard InChI is InChI=1S/C30H30N6O2/c1-21-17-25(11-12-27(21)34-30-32-15-13-28(35-30)24-9-5-14-31-20-24)33-29(38)23-8-4-7-22(18-23)19-26(37)10-6-16-36(2)3/h4-15,17-18,20H,16,19H2,1-3H3,(H,33,38)(H,32,34,35)/b10-6+. The largest absolute Gasteiger partial charge is 0.324 e. The number of likely N-dealkylation sites (N-methyl/N-ethyl adjacent to an activating group) is 1. The summed E-state index contributed by atoms with van der Waals surface area (Å²) in [6.45, 7) is 2.64. The topological polar surface area (TPSA) is 100 Å². The van der Waals surface area contributed by atoms with Crippen molar-refractivity contribution in [2.24, 2.45) is 0 Å². The van der Waals surface area contributed by atoms with Crippen molar-refractivity contribution in [3.8, 4) is 11.3 Å². The van der Waals surface area contributed by atoms with E-state index < -0.39 is 0 Å². The average Bonchev–Trinajstić information content (AvgIpc) is 2.91. The predicted octanol–water partition coefficient (Wildman–Crippen LogP) is 5.07. The Morgan fingerprint density at radius 2 is 1.87 bits per heavy atom. The molecule has 2 aromatic carbocycles. The molecule has 0 fully saturated rings. The maximum Gasteiger partial charge on any atom is 0.255 e. The van der Waals surface area contributed by atoms with Gasteiger partial charge in [0.05, 0.1) is 5.69 Å². The summed E-state index contributed by atoms with van der Waals surface area (Å²) in [5, 5.41) is 6.18. The van der Waals surface area contributed by atoms with E-state index >= 15 is 0 Å². The van der Waals surface area contributed by atoms with Crippen molar-refractivity contribution in [1.29, 1.82) is 0 Å². The summed E-state index contributed by atoms with van der Waals surface area (Å²) in [6.07, 6.45) is 8.84. The highest BCUT2D eigenvalue weighted by atomic mass is 16.1. The molecule has 0 unspecified atom stereocenters. The van der Waals surface area contributed by atoms with Crippen molar-refractivity contribution in [3.63, 3.8) is 0 Å². The van der Waals surface area contributed by atoms with Crippen LogP contribution in [0.2, 0.25) is 0 Å². The van der Waals surface area contributed by atoms with Gasteiger partial charge in [-0.05, 0) is 86.8 Å². The SMILES string of the molecule is Cc1cc(NC(=O)c2cccc(CC(=O)/C=C/CN(C)C)c2)ccc1Nc1nccc(-c2cccnc2)n1. The van der Waals surface area contributed by atoms with Gasteiger partial charge in [-0.3, -0.25) is 14.6 Å². The smallest absolute Gasteiger partial charge is 0.255 e. The molecule has 0 atom stereocenters. The number of nitrogens with zero attached hydrogens (tertiary/aromatic N) is 4. The Kier molecular flexibility index (Phi) is 8.69. The Balaban J connectivity index is 1.40. The van der Waals surface area contributed by atoms with Crippen LogP contribution in [0.3, 0.4) is 0 Å². The number of hydrogen-bond donors (Lipinski definition) is 2. The van der Waals surface area contributed by atoms with Gasteiger partial charge in [0.15, 0.2) is 5.78 Å². The van der Waals surface area contributed by atoms with Crippen LogP contribution in [0.25, 0.3) is 11.3 Å². The third-order valence-electron chi connectivity index (χ3n) is 5.69. The lowest BCUT2D eigenvalue weighted by Gasteiger charge is -2.12. The second kappa shape index (κ2) is 12.5. The first-order valence-electron chi connectivity index (χ1n) is 12.2. The second-order valence-electron chi connectivity index (χ2n) is 9.12. The number of anilines is 3. The molecule has 8 nitrogen and oxygen atoms in total. The van der Waals surface area contributed by atoms with Crippen molar-refractivity contribution in [2.45, 2.75) is 13.3 Å². The van der Waals surface area contributed by atoms with Crippen molar-refractivity contribution in [2.75, 3.05) is 31.3 Å². The van der Waals surface area contributed by atoms with Gasteiger partial charge >= 0.3 is 0 Å². The molecular formula is C30H30N6O2. The molecule has 0 radical (unpaired) electrons. The summed E-state index contributed by atoms with van der Waals surface area (Å²) in [7, 11) is 3.89. The molecule has 0 aliphatic rings. The first-order valence-corrected chi connectivity index (χ1v) is 12.2. The molecule has 8 heteroatoms. The van der Waals surface area contributed by atoms with E-state index in [9.17, 15) is 9.59 Å². The monoisotopic (exact) mass is 506 g/mol. The molecule has 2 aromatic heterocycles. The minimum atomic E-state index is -0.241. The highest BCUT2D eigenvalue weighted by Gasteiger charge is 2.10. The van der Waals surface area contributed by atoms with Crippen LogP contribution in [0.1, 0.15) is 21.5 Å². The highest BCUT2D eigenvalue weighted by Crippen LogP contribution is 2.24. The first kappa shape index (κ1) is 26.4. The van der Waals surface area contributed by atoms with Crippen molar-refractivity contribution >= 4 is 29.0 Å². The normalized spacial score (nSPS) is 11.1. The van der Waals surface area contributed by atoms with Crippen LogP contribution >= 0.6 is 0 Å². The summed E-state index contributed by atoms with van der Waals surface area (Å²) < 4.78 is 0. The van der Waals surface area contributed by atoms with E-state index in [4.69, 9.17) is 0 Å². The minimum absolute atomic E-state index is 0.00178. The number of ketones is 1. The summed E-state index contributed by atoms with van der Waals surface area (Å²) in [5.74, 6) is 0.224. The predicted molar refractivity (Wildman–Crippen MR) is 151 cm³/mol. The van der Waals surface area contributed by atoms with Crippen LogP contribution in [0.5, 0.6) is 0 Å². The number of rotatable bonds is 10. The van der Waals surface area contributed by atoms with Gasteiger partial charge in [-0.1, -0.05) is 18.2 Å². The number of aryl methyl sites for hydroxylation is 1. The number of allylic oxidation sites excluding steroid dienone is 1. The Morgan fingerprint density at radius 1 is 1.00 bits per heavy atom. The van der Waals surface area contributed by atoms with E-state index in [1.54, 1.807) is 42.9 Å². The molecule has 192 valence electrons. The van der Waals surface area contributed by atoms with Gasteiger partial charge in [0, 0.05) is 54.1 Å².